The second-order valence-electron chi connectivity index (χ2n) is 3.31. The zero-order valence-electron chi connectivity index (χ0n) is 8.70. The number of aromatic nitrogens is 2. The Bertz CT molecular complexity index is 497. The quantitative estimate of drug-likeness (QED) is 0.904. The fourth-order valence-electron chi connectivity index (χ4n) is 1.22. The minimum atomic E-state index is 0.240. The van der Waals surface area contributed by atoms with Gasteiger partial charge in [-0.2, -0.15) is 0 Å². The van der Waals surface area contributed by atoms with E-state index in [1.54, 1.807) is 0 Å². The molecule has 16 heavy (non-hydrogen) atoms. The molecule has 84 valence electrons. The molecular formula is C10H11BrN4O. The van der Waals surface area contributed by atoms with Crippen LogP contribution in [0.4, 0.5) is 11.7 Å². The highest BCUT2D eigenvalue weighted by Gasteiger charge is 2.06. The number of nitrogens with two attached hydrogens (primary N) is 1. The lowest BCUT2D eigenvalue weighted by Crippen LogP contribution is -1.95. The predicted octanol–water partition coefficient (Wildman–Crippen LogP) is 2.34. The van der Waals surface area contributed by atoms with Crippen molar-refractivity contribution in [3.63, 3.8) is 0 Å². The molecule has 3 N–H and O–H groups in total. The van der Waals surface area contributed by atoms with Gasteiger partial charge in [-0.05, 0) is 40.5 Å². The van der Waals surface area contributed by atoms with Crippen LogP contribution in [-0.4, -0.2) is 10.2 Å². The van der Waals surface area contributed by atoms with Crippen LogP contribution in [0.1, 0.15) is 11.5 Å². The molecule has 0 aliphatic carbocycles. The molecule has 1 aromatic heterocycles. The summed E-state index contributed by atoms with van der Waals surface area (Å²) in [6, 6.07) is 6.27. The van der Waals surface area contributed by atoms with E-state index in [9.17, 15) is 0 Å². The molecule has 0 aliphatic rings. The number of rotatable bonds is 3. The van der Waals surface area contributed by atoms with Crippen molar-refractivity contribution in [1.82, 2.24) is 10.2 Å². The normalized spacial score (nSPS) is 10.4. The highest BCUT2D eigenvalue weighted by Crippen LogP contribution is 2.26. The predicted molar refractivity (Wildman–Crippen MR) is 64.4 cm³/mol. The average molecular weight is 283 g/mol. The summed E-state index contributed by atoms with van der Waals surface area (Å²) in [5.74, 6) is 0.408. The number of halogens is 1. The summed E-state index contributed by atoms with van der Waals surface area (Å²) in [5, 5.41) is 10.6. The Hall–Kier alpha value is -1.40. The summed E-state index contributed by atoms with van der Waals surface area (Å²) in [7, 11) is 0. The monoisotopic (exact) mass is 282 g/mol. The van der Waals surface area contributed by atoms with Gasteiger partial charge in [-0.1, -0.05) is 11.2 Å². The van der Waals surface area contributed by atoms with Gasteiger partial charge in [0, 0.05) is 4.47 Å². The second-order valence-corrected chi connectivity index (χ2v) is 4.17. The Kier molecular flexibility index (Phi) is 3.21. The van der Waals surface area contributed by atoms with Gasteiger partial charge in [0.1, 0.15) is 0 Å². The molecule has 1 heterocycles. The standard InChI is InChI=1S/C10H11BrN4O/c1-6-2-3-8(7(11)4-6)13-10-15-14-9(5-12)16-10/h2-4H,5,12H2,1H3,(H,13,15). The first-order valence-corrected chi connectivity index (χ1v) is 5.54. The van der Waals surface area contributed by atoms with Crippen LogP contribution in [0.15, 0.2) is 27.1 Å². The van der Waals surface area contributed by atoms with Gasteiger partial charge in [-0.25, -0.2) is 0 Å². The molecule has 0 radical (unpaired) electrons. The number of nitrogens with one attached hydrogen (secondary N) is 1. The fourth-order valence-corrected chi connectivity index (χ4v) is 1.82. The molecule has 0 atom stereocenters. The third-order valence-corrected chi connectivity index (χ3v) is 2.66. The maximum Gasteiger partial charge on any atom is 0.320 e. The lowest BCUT2D eigenvalue weighted by Gasteiger charge is -2.04. The molecule has 6 heteroatoms. The van der Waals surface area contributed by atoms with Gasteiger partial charge in [0.25, 0.3) is 0 Å². The minimum absolute atomic E-state index is 0.240. The molecule has 5 nitrogen and oxygen atoms in total. The van der Waals surface area contributed by atoms with E-state index in [-0.39, 0.29) is 6.54 Å². The second kappa shape index (κ2) is 4.63. The molecule has 2 aromatic rings. The molecule has 0 spiro atoms. The molecule has 0 saturated heterocycles. The Morgan fingerprint density at radius 2 is 2.25 bits per heavy atom. The van der Waals surface area contributed by atoms with E-state index in [1.807, 2.05) is 25.1 Å². The Labute approximate surface area is 101 Å². The highest BCUT2D eigenvalue weighted by atomic mass is 79.9. The van der Waals surface area contributed by atoms with Crippen LogP contribution in [-0.2, 0) is 6.54 Å². The lowest BCUT2D eigenvalue weighted by atomic mass is 10.2. The summed E-state index contributed by atoms with van der Waals surface area (Å²) < 4.78 is 6.19. The Morgan fingerprint density at radius 1 is 1.44 bits per heavy atom. The first kappa shape index (κ1) is 11.1. The van der Waals surface area contributed by atoms with Crippen LogP contribution in [0.5, 0.6) is 0 Å². The molecule has 0 saturated carbocycles. The average Bonchev–Trinajstić information content (AvgIpc) is 2.70. The van der Waals surface area contributed by atoms with Crippen molar-refractivity contribution < 1.29 is 4.42 Å². The number of anilines is 2. The molecule has 0 amide bonds. The van der Waals surface area contributed by atoms with Crippen molar-refractivity contribution in [1.29, 1.82) is 0 Å². The van der Waals surface area contributed by atoms with Gasteiger partial charge < -0.3 is 15.5 Å². The van der Waals surface area contributed by atoms with Crippen molar-refractivity contribution >= 4 is 27.6 Å². The van der Waals surface area contributed by atoms with E-state index in [0.29, 0.717) is 11.9 Å². The van der Waals surface area contributed by atoms with Crippen LogP contribution in [0.2, 0.25) is 0 Å². The number of hydrogen-bond donors (Lipinski definition) is 2. The lowest BCUT2D eigenvalue weighted by molar-refractivity contribution is 0.511. The van der Waals surface area contributed by atoms with E-state index in [4.69, 9.17) is 10.2 Å². The van der Waals surface area contributed by atoms with E-state index >= 15 is 0 Å². The summed E-state index contributed by atoms with van der Waals surface area (Å²) >= 11 is 3.45. The molecule has 0 fully saturated rings. The van der Waals surface area contributed by atoms with E-state index < -0.39 is 0 Å². The SMILES string of the molecule is Cc1ccc(Nc2nnc(CN)o2)c(Br)c1. The van der Waals surface area contributed by atoms with Crippen LogP contribution < -0.4 is 11.1 Å². The molecule has 2 rings (SSSR count). The minimum Gasteiger partial charge on any atom is -0.406 e. The van der Waals surface area contributed by atoms with Crippen molar-refractivity contribution in [3.05, 3.63) is 34.1 Å². The first-order valence-electron chi connectivity index (χ1n) is 4.74. The van der Waals surface area contributed by atoms with Crippen LogP contribution in [0.3, 0.4) is 0 Å². The number of hydrogen-bond acceptors (Lipinski definition) is 5. The maximum absolute atomic E-state index is 5.37. The van der Waals surface area contributed by atoms with Gasteiger partial charge in [-0.3, -0.25) is 0 Å². The van der Waals surface area contributed by atoms with Crippen molar-refractivity contribution in [2.75, 3.05) is 5.32 Å². The van der Waals surface area contributed by atoms with Gasteiger partial charge in [0.15, 0.2) is 0 Å². The molecule has 0 aliphatic heterocycles. The van der Waals surface area contributed by atoms with Crippen molar-refractivity contribution in [2.45, 2.75) is 13.5 Å². The first-order chi connectivity index (χ1) is 7.69. The summed E-state index contributed by atoms with van der Waals surface area (Å²) in [5.41, 5.74) is 7.42. The third-order valence-electron chi connectivity index (χ3n) is 2.01. The third kappa shape index (κ3) is 2.40. The van der Waals surface area contributed by atoms with Crippen molar-refractivity contribution in [3.8, 4) is 0 Å². The molecular weight excluding hydrogens is 272 g/mol. The Balaban J connectivity index is 2.20. The number of nitrogens with zero attached hydrogens (tertiary/aromatic N) is 2. The van der Waals surface area contributed by atoms with Crippen LogP contribution in [0.25, 0.3) is 0 Å². The van der Waals surface area contributed by atoms with E-state index in [2.05, 4.69) is 31.4 Å². The van der Waals surface area contributed by atoms with Gasteiger partial charge in [0.05, 0.1) is 12.2 Å². The Morgan fingerprint density at radius 3 is 2.88 bits per heavy atom. The largest absolute Gasteiger partial charge is 0.406 e. The van der Waals surface area contributed by atoms with E-state index in [1.165, 1.54) is 5.56 Å². The molecule has 0 bridgehead atoms. The van der Waals surface area contributed by atoms with E-state index in [0.717, 1.165) is 10.2 Å². The summed E-state index contributed by atoms with van der Waals surface area (Å²) in [6.07, 6.45) is 0. The zero-order chi connectivity index (χ0) is 11.5. The van der Waals surface area contributed by atoms with Gasteiger partial charge >= 0.3 is 6.01 Å². The van der Waals surface area contributed by atoms with Crippen LogP contribution >= 0.6 is 15.9 Å². The molecule has 0 unspecified atom stereocenters. The highest BCUT2D eigenvalue weighted by molar-refractivity contribution is 9.10. The summed E-state index contributed by atoms with van der Waals surface area (Å²) in [4.78, 5) is 0. The van der Waals surface area contributed by atoms with Gasteiger partial charge in [0.2, 0.25) is 5.89 Å². The van der Waals surface area contributed by atoms with Gasteiger partial charge in [-0.15, -0.1) is 5.10 Å². The number of aryl methyl sites for hydroxylation is 1. The maximum atomic E-state index is 5.37. The van der Waals surface area contributed by atoms with Crippen molar-refractivity contribution in [2.24, 2.45) is 5.73 Å². The smallest absolute Gasteiger partial charge is 0.320 e. The topological polar surface area (TPSA) is 77.0 Å². The fraction of sp³-hybridized carbons (Fsp3) is 0.200. The van der Waals surface area contributed by atoms with Crippen LogP contribution in [0, 0.1) is 6.92 Å². The zero-order valence-corrected chi connectivity index (χ0v) is 10.3. The summed E-state index contributed by atoms with van der Waals surface area (Å²) in [6.45, 7) is 2.26. The number of benzene rings is 1. The molecule has 1 aromatic carbocycles.